The second-order valence-electron chi connectivity index (χ2n) is 9.59. The quantitative estimate of drug-likeness (QED) is 0.534. The van der Waals surface area contributed by atoms with Crippen molar-refractivity contribution >= 4 is 17.7 Å². The Balaban J connectivity index is 1.53. The van der Waals surface area contributed by atoms with Crippen LogP contribution < -0.4 is 10.4 Å². The normalized spacial score (nSPS) is 21.4. The standard InChI is InChI=1S/C27H25F2N3O3S/c28-27(29)12-9-18(10-13-27)30-16-32(31-14-11-21(33)25(34)24(31)26(30)35)23-19-6-2-1-5-17(19)15-36-22-8-4-3-7-20(22)23/h1-8,11,14,18,23,34H,9-10,12-13,15-16H2. The molecule has 1 unspecified atom stereocenters. The maximum atomic E-state index is 13.9. The second kappa shape index (κ2) is 8.65. The van der Waals surface area contributed by atoms with Gasteiger partial charge in [-0.05, 0) is 35.6 Å². The zero-order valence-corrected chi connectivity index (χ0v) is 20.3. The number of carbonyl (C=O) groups excluding carboxylic acids is 1. The highest BCUT2D eigenvalue weighted by atomic mass is 32.2. The fraction of sp³-hybridized carbons (Fsp3) is 0.333. The highest BCUT2D eigenvalue weighted by molar-refractivity contribution is 7.98. The summed E-state index contributed by atoms with van der Waals surface area (Å²) in [7, 11) is 0. The van der Waals surface area contributed by atoms with Crippen molar-refractivity contribution in [2.24, 2.45) is 0 Å². The van der Waals surface area contributed by atoms with E-state index in [0.717, 1.165) is 27.3 Å². The second-order valence-corrected chi connectivity index (χ2v) is 10.6. The molecule has 0 saturated heterocycles. The molecule has 0 spiro atoms. The average Bonchev–Trinajstić information content (AvgIpc) is 3.04. The summed E-state index contributed by atoms with van der Waals surface area (Å²) in [5.74, 6) is -3.09. The fourth-order valence-electron chi connectivity index (χ4n) is 5.59. The summed E-state index contributed by atoms with van der Waals surface area (Å²) >= 11 is 1.74. The lowest BCUT2D eigenvalue weighted by Gasteiger charge is -2.47. The number of amides is 1. The van der Waals surface area contributed by atoms with Gasteiger partial charge in [-0.3, -0.25) is 19.3 Å². The van der Waals surface area contributed by atoms with E-state index >= 15 is 0 Å². The minimum atomic E-state index is -2.73. The van der Waals surface area contributed by atoms with Gasteiger partial charge in [0.05, 0.1) is 6.04 Å². The van der Waals surface area contributed by atoms with Crippen molar-refractivity contribution < 1.29 is 18.7 Å². The van der Waals surface area contributed by atoms with Crippen LogP contribution >= 0.6 is 11.8 Å². The Morgan fingerprint density at radius 3 is 2.42 bits per heavy atom. The third-order valence-electron chi connectivity index (χ3n) is 7.46. The van der Waals surface area contributed by atoms with Crippen LogP contribution in [0.5, 0.6) is 5.75 Å². The molecule has 0 radical (unpaired) electrons. The van der Waals surface area contributed by atoms with Crippen LogP contribution in [0.1, 0.15) is 58.9 Å². The summed E-state index contributed by atoms with van der Waals surface area (Å²) in [6.07, 6.45) is 1.27. The monoisotopic (exact) mass is 509 g/mol. The Kier molecular flexibility index (Phi) is 5.55. The number of pyridine rings is 1. The molecule has 186 valence electrons. The Bertz CT molecular complexity index is 1350. The van der Waals surface area contributed by atoms with Gasteiger partial charge >= 0.3 is 0 Å². The van der Waals surface area contributed by atoms with E-state index in [9.17, 15) is 23.5 Å². The number of aromatic nitrogens is 1. The van der Waals surface area contributed by atoms with E-state index in [4.69, 9.17) is 0 Å². The van der Waals surface area contributed by atoms with Gasteiger partial charge in [-0.15, -0.1) is 11.8 Å². The maximum Gasteiger partial charge on any atom is 0.278 e. The molecule has 2 aromatic carbocycles. The molecule has 1 N–H and O–H groups in total. The maximum absolute atomic E-state index is 13.9. The lowest BCUT2D eigenvalue weighted by Crippen LogP contribution is -2.59. The third kappa shape index (κ3) is 3.77. The first-order chi connectivity index (χ1) is 17.3. The molecular formula is C27H25F2N3O3S. The predicted molar refractivity (Wildman–Crippen MR) is 133 cm³/mol. The summed E-state index contributed by atoms with van der Waals surface area (Å²) < 4.78 is 29.5. The predicted octanol–water partition coefficient (Wildman–Crippen LogP) is 4.88. The molecule has 1 amide bonds. The topological polar surface area (TPSA) is 65.8 Å². The van der Waals surface area contributed by atoms with Crippen molar-refractivity contribution in [2.75, 3.05) is 11.7 Å². The number of carbonyl (C=O) groups is 1. The van der Waals surface area contributed by atoms with Gasteiger partial charge in [-0.25, -0.2) is 8.78 Å². The van der Waals surface area contributed by atoms with E-state index in [-0.39, 0.29) is 44.1 Å². The van der Waals surface area contributed by atoms with Gasteiger partial charge in [-0.1, -0.05) is 42.5 Å². The molecule has 6 nitrogen and oxygen atoms in total. The first kappa shape index (κ1) is 23.1. The first-order valence-electron chi connectivity index (χ1n) is 12.0. The van der Waals surface area contributed by atoms with Gasteiger partial charge in [0.25, 0.3) is 5.91 Å². The number of aromatic hydroxyl groups is 1. The SMILES string of the molecule is O=C1c2c(O)c(=O)ccn2N(C2c3ccccc3CSc3ccccc32)CN1C1CCC(F)(F)CC1. The minimum Gasteiger partial charge on any atom is -0.502 e. The van der Waals surface area contributed by atoms with Crippen LogP contribution in [-0.2, 0) is 5.75 Å². The average molecular weight is 510 g/mol. The molecule has 6 rings (SSSR count). The van der Waals surface area contributed by atoms with Gasteiger partial charge < -0.3 is 10.0 Å². The molecular weight excluding hydrogens is 484 g/mol. The lowest BCUT2D eigenvalue weighted by atomic mass is 9.90. The van der Waals surface area contributed by atoms with Crippen LogP contribution in [0.2, 0.25) is 0 Å². The molecule has 9 heteroatoms. The fourth-order valence-corrected chi connectivity index (χ4v) is 6.69. The molecule has 3 heterocycles. The zero-order chi connectivity index (χ0) is 25.0. The molecule has 3 aliphatic rings. The summed E-state index contributed by atoms with van der Waals surface area (Å²) in [5, 5.41) is 12.7. The van der Waals surface area contributed by atoms with Gasteiger partial charge in [0.2, 0.25) is 11.4 Å². The zero-order valence-electron chi connectivity index (χ0n) is 19.4. The Morgan fingerprint density at radius 2 is 1.64 bits per heavy atom. The number of fused-ring (bicyclic) bond motifs is 3. The number of benzene rings is 2. The smallest absolute Gasteiger partial charge is 0.278 e. The molecule has 36 heavy (non-hydrogen) atoms. The number of halogens is 2. The molecule has 1 saturated carbocycles. The molecule has 0 bridgehead atoms. The highest BCUT2D eigenvalue weighted by Crippen LogP contribution is 2.44. The largest absolute Gasteiger partial charge is 0.502 e. The van der Waals surface area contributed by atoms with Crippen molar-refractivity contribution in [3.8, 4) is 5.75 Å². The Morgan fingerprint density at radius 1 is 0.944 bits per heavy atom. The summed E-state index contributed by atoms with van der Waals surface area (Å²) in [6.45, 7) is 0.141. The minimum absolute atomic E-state index is 0.127. The van der Waals surface area contributed by atoms with Crippen molar-refractivity contribution in [2.45, 2.75) is 54.3 Å². The molecule has 1 atom stereocenters. The van der Waals surface area contributed by atoms with Gasteiger partial charge in [0.15, 0.2) is 11.4 Å². The number of thioether (sulfide) groups is 1. The van der Waals surface area contributed by atoms with E-state index < -0.39 is 29.0 Å². The molecule has 3 aromatic rings. The van der Waals surface area contributed by atoms with E-state index in [0.29, 0.717) is 0 Å². The molecule has 1 fully saturated rings. The number of hydrogen-bond donors (Lipinski definition) is 1. The highest BCUT2D eigenvalue weighted by Gasteiger charge is 2.44. The van der Waals surface area contributed by atoms with Crippen LogP contribution in [0.15, 0.2) is 70.5 Å². The van der Waals surface area contributed by atoms with E-state index in [1.165, 1.54) is 12.3 Å². The van der Waals surface area contributed by atoms with E-state index in [1.807, 2.05) is 29.3 Å². The third-order valence-corrected chi connectivity index (χ3v) is 8.60. The van der Waals surface area contributed by atoms with Crippen LogP contribution in [0, 0.1) is 0 Å². The van der Waals surface area contributed by atoms with Crippen LogP contribution in [-0.4, -0.2) is 39.2 Å². The van der Waals surface area contributed by atoms with Crippen LogP contribution in [0.3, 0.4) is 0 Å². The summed E-state index contributed by atoms with van der Waals surface area (Å²) in [4.78, 5) is 28.7. The van der Waals surface area contributed by atoms with E-state index in [1.54, 1.807) is 21.3 Å². The molecule has 1 aliphatic carbocycles. The van der Waals surface area contributed by atoms with Crippen molar-refractivity contribution in [3.05, 3.63) is 93.4 Å². The van der Waals surface area contributed by atoms with Gasteiger partial charge in [0.1, 0.15) is 6.67 Å². The molecule has 1 aromatic heterocycles. The molecule has 2 aliphatic heterocycles. The van der Waals surface area contributed by atoms with Gasteiger partial charge in [0, 0.05) is 41.8 Å². The Hall–Kier alpha value is -3.33. The van der Waals surface area contributed by atoms with Crippen LogP contribution in [0.4, 0.5) is 8.78 Å². The Labute approximate surface area is 211 Å². The number of nitrogens with zero attached hydrogens (tertiary/aromatic N) is 3. The summed E-state index contributed by atoms with van der Waals surface area (Å²) in [5.41, 5.74) is 2.47. The number of hydrogen-bond acceptors (Lipinski definition) is 5. The van der Waals surface area contributed by atoms with Crippen molar-refractivity contribution in [1.82, 2.24) is 9.58 Å². The lowest BCUT2D eigenvalue weighted by molar-refractivity contribution is -0.0524. The first-order valence-corrected chi connectivity index (χ1v) is 13.0. The number of alkyl halides is 2. The number of rotatable bonds is 2. The summed E-state index contributed by atoms with van der Waals surface area (Å²) in [6, 6.07) is 16.7. The van der Waals surface area contributed by atoms with Crippen molar-refractivity contribution in [1.29, 1.82) is 0 Å². The van der Waals surface area contributed by atoms with E-state index in [2.05, 4.69) is 24.3 Å². The van der Waals surface area contributed by atoms with Gasteiger partial charge in [-0.2, -0.15) is 0 Å². The van der Waals surface area contributed by atoms with Crippen LogP contribution in [0.25, 0.3) is 0 Å². The van der Waals surface area contributed by atoms with Crippen molar-refractivity contribution in [3.63, 3.8) is 0 Å².